The summed E-state index contributed by atoms with van der Waals surface area (Å²) in [5.74, 6) is -3.61. The zero-order chi connectivity index (χ0) is 36.1. The first-order chi connectivity index (χ1) is 22.7. The molecule has 1 aromatic rings. The van der Waals surface area contributed by atoms with Gasteiger partial charge in [0, 0.05) is 13.2 Å². The van der Waals surface area contributed by atoms with Gasteiger partial charge in [0.05, 0.1) is 19.1 Å². The van der Waals surface area contributed by atoms with Gasteiger partial charge in [0.1, 0.15) is 24.3 Å². The van der Waals surface area contributed by atoms with Gasteiger partial charge in [0.2, 0.25) is 5.91 Å². The van der Waals surface area contributed by atoms with E-state index in [2.05, 4.69) is 26.8 Å². The summed E-state index contributed by atoms with van der Waals surface area (Å²) in [5.41, 5.74) is 9.46. The van der Waals surface area contributed by atoms with E-state index in [4.69, 9.17) is 24.7 Å². The molecule has 7 N–H and O–H groups in total. The van der Waals surface area contributed by atoms with Gasteiger partial charge in [-0.15, -0.1) is 0 Å². The fraction of sp³-hybridized carbons (Fsp3) is 0.625. The number of hydrazine groups is 1. The zero-order valence-electron chi connectivity index (χ0n) is 28.7. The van der Waals surface area contributed by atoms with Gasteiger partial charge < -0.3 is 40.6 Å². The Hall–Kier alpha value is -4.44. The minimum absolute atomic E-state index is 0.0546. The summed E-state index contributed by atoms with van der Waals surface area (Å²) in [4.78, 5) is 76.1. The molecule has 6 amide bonds. The number of benzene rings is 1. The van der Waals surface area contributed by atoms with E-state index in [1.165, 1.54) is 0 Å². The molecule has 0 aliphatic carbocycles. The molecule has 4 atom stereocenters. The number of amides is 6. The van der Waals surface area contributed by atoms with Crippen LogP contribution in [0.2, 0.25) is 0 Å². The maximum Gasteiger partial charge on any atom is 0.408 e. The van der Waals surface area contributed by atoms with E-state index in [-0.39, 0.29) is 13.2 Å². The van der Waals surface area contributed by atoms with Crippen LogP contribution in [0.1, 0.15) is 79.2 Å². The largest absolute Gasteiger partial charge is 0.459 e. The van der Waals surface area contributed by atoms with Crippen molar-refractivity contribution < 1.29 is 47.7 Å². The van der Waals surface area contributed by atoms with Gasteiger partial charge in [-0.2, -0.15) is 0 Å². The Balaban J connectivity index is 2.96. The lowest BCUT2D eigenvalue weighted by atomic mass is 10.1. The molecule has 270 valence electrons. The fourth-order valence-corrected chi connectivity index (χ4v) is 3.83. The van der Waals surface area contributed by atoms with E-state index < -0.39 is 72.1 Å². The van der Waals surface area contributed by atoms with Crippen LogP contribution >= 0.6 is 0 Å². The number of unbranched alkanes of at least 4 members (excludes halogenated alkanes) is 2. The molecule has 0 spiro atoms. The molecule has 1 unspecified atom stereocenters. The summed E-state index contributed by atoms with van der Waals surface area (Å²) in [6.07, 6.45) is 0.761. The van der Waals surface area contributed by atoms with Crippen LogP contribution in [0.5, 0.6) is 0 Å². The van der Waals surface area contributed by atoms with Crippen molar-refractivity contribution in [3.8, 4) is 0 Å². The first-order valence-corrected chi connectivity index (χ1v) is 16.0. The molecule has 0 aromatic heterocycles. The molecular weight excluding hydrogens is 628 g/mol. The number of alkyl carbamates (subject to hydrolysis) is 1. The molecule has 0 heterocycles. The molecule has 48 heavy (non-hydrogen) atoms. The summed E-state index contributed by atoms with van der Waals surface area (Å²) >= 11 is 0. The fourth-order valence-electron chi connectivity index (χ4n) is 3.83. The van der Waals surface area contributed by atoms with Gasteiger partial charge in [0.25, 0.3) is 11.8 Å². The quantitative estimate of drug-likeness (QED) is 0.0664. The number of ether oxygens (including phenoxy) is 4. The molecule has 0 saturated carbocycles. The van der Waals surface area contributed by atoms with Crippen LogP contribution in [0.4, 0.5) is 9.59 Å². The molecule has 0 saturated heterocycles. The van der Waals surface area contributed by atoms with Crippen molar-refractivity contribution >= 4 is 35.8 Å². The van der Waals surface area contributed by atoms with Gasteiger partial charge in [0.15, 0.2) is 6.04 Å². The van der Waals surface area contributed by atoms with Crippen LogP contribution in [0, 0.1) is 0 Å². The maximum absolute atomic E-state index is 13.0. The third-order valence-corrected chi connectivity index (χ3v) is 6.38. The molecule has 16 heteroatoms. The summed E-state index contributed by atoms with van der Waals surface area (Å²) in [7, 11) is 0. The Morgan fingerprint density at radius 1 is 0.833 bits per heavy atom. The SMILES string of the molecule is CCCCOC[C@H](NC(=O)OC(C)(C)C)C(=O)NNC(=O)[C@H](CC(N)=O)NC(=O)N[C@H](C(=O)OCc1ccccc1)C(C)OCCCC. The summed E-state index contributed by atoms with van der Waals surface area (Å²) in [6, 6.07) is 3.80. The number of carbonyl (C=O) groups is 6. The second kappa shape index (κ2) is 22.2. The average molecular weight is 681 g/mol. The van der Waals surface area contributed by atoms with Crippen LogP contribution in [-0.2, 0) is 44.7 Å². The third-order valence-electron chi connectivity index (χ3n) is 6.38. The van der Waals surface area contributed by atoms with Crippen molar-refractivity contribution in [3.63, 3.8) is 0 Å². The van der Waals surface area contributed by atoms with Crippen LogP contribution in [0.25, 0.3) is 0 Å². The molecule has 1 rings (SSSR count). The second-order valence-corrected chi connectivity index (χ2v) is 11.9. The molecule has 0 bridgehead atoms. The van der Waals surface area contributed by atoms with Crippen molar-refractivity contribution in [2.75, 3.05) is 19.8 Å². The topological polar surface area (TPSA) is 226 Å². The van der Waals surface area contributed by atoms with E-state index >= 15 is 0 Å². The van der Waals surface area contributed by atoms with Crippen molar-refractivity contribution in [1.82, 2.24) is 26.8 Å². The third kappa shape index (κ3) is 18.0. The summed E-state index contributed by atoms with van der Waals surface area (Å²) in [5, 5.41) is 7.13. The van der Waals surface area contributed by atoms with Crippen molar-refractivity contribution in [3.05, 3.63) is 35.9 Å². The Labute approximate surface area is 281 Å². The number of nitrogens with two attached hydrogens (primary N) is 1. The highest BCUT2D eigenvalue weighted by Gasteiger charge is 2.32. The first-order valence-electron chi connectivity index (χ1n) is 16.0. The molecule has 1 aromatic carbocycles. The molecule has 0 aliphatic rings. The Morgan fingerprint density at radius 3 is 2.02 bits per heavy atom. The van der Waals surface area contributed by atoms with Crippen molar-refractivity contribution in [1.29, 1.82) is 0 Å². The van der Waals surface area contributed by atoms with Crippen LogP contribution in [0.3, 0.4) is 0 Å². The number of primary amides is 1. The minimum atomic E-state index is -1.57. The highest BCUT2D eigenvalue weighted by molar-refractivity contribution is 5.94. The van der Waals surface area contributed by atoms with Gasteiger partial charge in [-0.25, -0.2) is 14.4 Å². The molecular formula is C32H52N6O10. The summed E-state index contributed by atoms with van der Waals surface area (Å²) < 4.78 is 21.8. The monoisotopic (exact) mass is 680 g/mol. The average Bonchev–Trinajstić information content (AvgIpc) is 3.01. The van der Waals surface area contributed by atoms with E-state index in [1.54, 1.807) is 52.0 Å². The van der Waals surface area contributed by atoms with Crippen LogP contribution in [-0.4, -0.2) is 85.5 Å². The maximum atomic E-state index is 13.0. The number of esters is 1. The number of rotatable bonds is 20. The zero-order valence-corrected chi connectivity index (χ0v) is 28.7. The molecule has 0 fully saturated rings. The lowest BCUT2D eigenvalue weighted by Gasteiger charge is -2.26. The normalized spacial score (nSPS) is 13.5. The lowest BCUT2D eigenvalue weighted by Crippen LogP contribution is -2.60. The van der Waals surface area contributed by atoms with E-state index in [0.717, 1.165) is 24.8 Å². The highest BCUT2D eigenvalue weighted by Crippen LogP contribution is 2.09. The second-order valence-electron chi connectivity index (χ2n) is 11.9. The number of carbonyl (C=O) groups excluding carboxylic acids is 6. The van der Waals surface area contributed by atoms with Gasteiger partial charge in [-0.1, -0.05) is 57.0 Å². The van der Waals surface area contributed by atoms with Crippen LogP contribution < -0.4 is 32.5 Å². The van der Waals surface area contributed by atoms with E-state index in [0.29, 0.717) is 19.6 Å². The van der Waals surface area contributed by atoms with Crippen molar-refractivity contribution in [2.24, 2.45) is 5.73 Å². The number of hydrogen-bond acceptors (Lipinski definition) is 10. The Kier molecular flexibility index (Phi) is 19.2. The van der Waals surface area contributed by atoms with Gasteiger partial charge >= 0.3 is 18.1 Å². The Morgan fingerprint density at radius 2 is 1.44 bits per heavy atom. The predicted molar refractivity (Wildman–Crippen MR) is 175 cm³/mol. The molecule has 0 aliphatic heterocycles. The Bertz CT molecular complexity index is 1180. The van der Waals surface area contributed by atoms with E-state index in [9.17, 15) is 28.8 Å². The van der Waals surface area contributed by atoms with Gasteiger partial charge in [-0.3, -0.25) is 25.2 Å². The first kappa shape index (κ1) is 41.6. The van der Waals surface area contributed by atoms with Crippen LogP contribution in [0.15, 0.2) is 30.3 Å². The van der Waals surface area contributed by atoms with Crippen molar-refractivity contribution in [2.45, 2.75) is 110 Å². The van der Waals surface area contributed by atoms with E-state index in [1.807, 2.05) is 19.9 Å². The highest BCUT2D eigenvalue weighted by atomic mass is 16.6. The molecule has 0 radical (unpaired) electrons. The summed E-state index contributed by atoms with van der Waals surface area (Å²) in [6.45, 7) is 10.8. The standard InChI is InChI=1S/C32H52N6O10/c1-7-9-16-45-20-24(35-31(44)48-32(4,5)6)28(41)38-37-27(40)23(18-25(33)39)34-30(43)36-26(21(3)46-17-10-8-2)29(42)47-19-22-14-12-11-13-15-22/h11-15,21,23-24,26H,7-10,16-20H2,1-6H3,(H2,33,39)(H,35,44)(H,37,40)(H,38,41)(H2,34,36,43)/t21?,23-,24-,26-/m0/s1. The minimum Gasteiger partial charge on any atom is -0.459 e. The van der Waals surface area contributed by atoms with Gasteiger partial charge in [-0.05, 0) is 46.1 Å². The number of nitrogens with one attached hydrogen (secondary N) is 5. The smallest absolute Gasteiger partial charge is 0.408 e. The lowest BCUT2D eigenvalue weighted by molar-refractivity contribution is -0.151. The number of urea groups is 1. The molecule has 16 nitrogen and oxygen atoms in total. The predicted octanol–water partition coefficient (Wildman–Crippen LogP) is 1.70. The number of hydrogen-bond donors (Lipinski definition) is 6.